The smallest absolute Gasteiger partial charge is 0.244 e. The molecule has 0 aliphatic carbocycles. The molecule has 4 nitrogen and oxygen atoms in total. The van der Waals surface area contributed by atoms with Crippen LogP contribution in [0.25, 0.3) is 6.08 Å². The number of hydrogen-bond donors (Lipinski definition) is 1. The highest BCUT2D eigenvalue weighted by Gasteiger charge is 1.99. The van der Waals surface area contributed by atoms with Crippen molar-refractivity contribution in [2.24, 2.45) is 0 Å². The lowest BCUT2D eigenvalue weighted by Crippen LogP contribution is -2.26. The molecule has 6 heteroatoms. The van der Waals surface area contributed by atoms with Crippen LogP contribution < -0.4 is 10.1 Å². The van der Waals surface area contributed by atoms with Crippen molar-refractivity contribution in [3.63, 3.8) is 0 Å². The average molecular weight is 306 g/mol. The van der Waals surface area contributed by atoms with Gasteiger partial charge in [-0.05, 0) is 25.1 Å². The molecule has 0 spiro atoms. The van der Waals surface area contributed by atoms with E-state index in [-0.39, 0.29) is 18.3 Å². The average Bonchev–Trinajstić information content (AvgIpc) is 2.87. The highest BCUT2D eigenvalue weighted by Crippen LogP contribution is 2.11. The summed E-state index contributed by atoms with van der Waals surface area (Å²) in [5.74, 6) is -0.126. The predicted molar refractivity (Wildman–Crippen MR) is 80.8 cm³/mol. The number of amides is 1. The number of benzene rings is 1. The lowest BCUT2D eigenvalue weighted by Gasteiger charge is -2.06. The van der Waals surface area contributed by atoms with Crippen molar-refractivity contribution in [3.8, 4) is 5.75 Å². The van der Waals surface area contributed by atoms with Gasteiger partial charge in [-0.1, -0.05) is 6.07 Å². The van der Waals surface area contributed by atoms with E-state index in [1.807, 2.05) is 12.3 Å². The summed E-state index contributed by atoms with van der Waals surface area (Å²) in [6.45, 7) is 2.53. The number of rotatable bonds is 6. The normalized spacial score (nSPS) is 10.8. The number of carbonyl (C=O) groups excluding carboxylic acids is 1. The van der Waals surface area contributed by atoms with Crippen LogP contribution in [0.3, 0.4) is 0 Å². The van der Waals surface area contributed by atoms with Crippen molar-refractivity contribution in [2.45, 2.75) is 6.92 Å². The maximum absolute atomic E-state index is 12.9. The van der Waals surface area contributed by atoms with E-state index >= 15 is 0 Å². The van der Waals surface area contributed by atoms with Gasteiger partial charge in [0.05, 0.1) is 17.2 Å². The first-order valence-electron chi connectivity index (χ1n) is 6.40. The molecule has 0 aliphatic heterocycles. The summed E-state index contributed by atoms with van der Waals surface area (Å²) in [5.41, 5.74) is 0.767. The summed E-state index contributed by atoms with van der Waals surface area (Å²) in [6, 6.07) is 5.88. The first-order chi connectivity index (χ1) is 10.1. The first-order valence-corrected chi connectivity index (χ1v) is 7.28. The van der Waals surface area contributed by atoms with Crippen molar-refractivity contribution in [1.29, 1.82) is 0 Å². The number of carbonyl (C=O) groups is 1. The predicted octanol–water partition coefficient (Wildman–Crippen LogP) is 2.80. The zero-order chi connectivity index (χ0) is 15.1. The Kier molecular flexibility index (Phi) is 5.45. The zero-order valence-electron chi connectivity index (χ0n) is 11.5. The minimum Gasteiger partial charge on any atom is -0.492 e. The summed E-state index contributed by atoms with van der Waals surface area (Å²) in [6.07, 6.45) is 3.09. The number of thiazole rings is 1. The largest absolute Gasteiger partial charge is 0.492 e. The van der Waals surface area contributed by atoms with Crippen molar-refractivity contribution in [3.05, 3.63) is 52.2 Å². The van der Waals surface area contributed by atoms with Gasteiger partial charge in [-0.3, -0.25) is 4.79 Å². The molecule has 1 N–H and O–H groups in total. The molecule has 1 amide bonds. The summed E-state index contributed by atoms with van der Waals surface area (Å²) in [5, 5.41) is 5.51. The Balaban J connectivity index is 1.68. The third kappa shape index (κ3) is 5.35. The molecule has 1 heterocycles. The van der Waals surface area contributed by atoms with Gasteiger partial charge in [0, 0.05) is 17.5 Å². The van der Waals surface area contributed by atoms with Crippen LogP contribution in [-0.4, -0.2) is 24.0 Å². The molecule has 1 aromatic heterocycles. The van der Waals surface area contributed by atoms with Crippen molar-refractivity contribution < 1.29 is 13.9 Å². The fraction of sp³-hybridized carbons (Fsp3) is 0.200. The third-order valence-electron chi connectivity index (χ3n) is 2.51. The van der Waals surface area contributed by atoms with E-state index in [2.05, 4.69) is 10.3 Å². The van der Waals surface area contributed by atoms with Crippen LogP contribution in [-0.2, 0) is 4.79 Å². The summed E-state index contributed by atoms with van der Waals surface area (Å²) in [7, 11) is 0. The highest BCUT2D eigenvalue weighted by molar-refractivity contribution is 7.09. The number of nitrogens with zero attached hydrogens (tertiary/aromatic N) is 1. The van der Waals surface area contributed by atoms with E-state index in [0.717, 1.165) is 10.7 Å². The Labute approximate surface area is 126 Å². The fourth-order valence-electron chi connectivity index (χ4n) is 1.58. The molecule has 0 saturated carbocycles. The quantitative estimate of drug-likeness (QED) is 0.659. The van der Waals surface area contributed by atoms with Crippen LogP contribution in [0.2, 0.25) is 0 Å². The fourth-order valence-corrected chi connectivity index (χ4v) is 2.16. The van der Waals surface area contributed by atoms with Gasteiger partial charge >= 0.3 is 0 Å². The Bertz CT molecular complexity index is 640. The van der Waals surface area contributed by atoms with Gasteiger partial charge in [-0.25, -0.2) is 9.37 Å². The molecule has 21 heavy (non-hydrogen) atoms. The van der Waals surface area contributed by atoms with Gasteiger partial charge in [0.15, 0.2) is 0 Å². The summed E-state index contributed by atoms with van der Waals surface area (Å²) >= 11 is 1.53. The Hall–Kier alpha value is -2.21. The molecule has 0 bridgehead atoms. The Morgan fingerprint density at radius 1 is 1.52 bits per heavy atom. The second-order valence-electron chi connectivity index (χ2n) is 4.22. The number of nitrogens with one attached hydrogen (secondary N) is 1. The minimum atomic E-state index is -0.349. The van der Waals surface area contributed by atoms with Crippen LogP contribution in [0.5, 0.6) is 5.75 Å². The lowest BCUT2D eigenvalue weighted by atomic mass is 10.3. The summed E-state index contributed by atoms with van der Waals surface area (Å²) < 4.78 is 18.2. The molecule has 0 unspecified atom stereocenters. The van der Waals surface area contributed by atoms with E-state index in [9.17, 15) is 9.18 Å². The first kappa shape index (κ1) is 15.2. The molecule has 110 valence electrons. The van der Waals surface area contributed by atoms with Gasteiger partial charge in [0.1, 0.15) is 18.2 Å². The standard InChI is InChI=1S/C15H15FN2O2S/c1-11-18-13(10-21-11)5-6-15(19)17-7-8-20-14-4-2-3-12(16)9-14/h2-6,9-10H,7-8H2,1H3,(H,17,19). The van der Waals surface area contributed by atoms with Gasteiger partial charge in [-0.15, -0.1) is 11.3 Å². The Morgan fingerprint density at radius 3 is 3.10 bits per heavy atom. The van der Waals surface area contributed by atoms with Crippen molar-refractivity contribution >= 4 is 23.3 Å². The van der Waals surface area contributed by atoms with E-state index in [4.69, 9.17) is 4.74 Å². The molecule has 0 atom stereocenters. The molecular weight excluding hydrogens is 291 g/mol. The van der Waals surface area contributed by atoms with Gasteiger partial charge in [0.25, 0.3) is 0 Å². The number of halogens is 1. The number of hydrogen-bond acceptors (Lipinski definition) is 4. The van der Waals surface area contributed by atoms with Crippen LogP contribution in [0.4, 0.5) is 4.39 Å². The molecule has 0 saturated heterocycles. The Morgan fingerprint density at radius 2 is 2.38 bits per heavy atom. The molecule has 1 aromatic carbocycles. The molecule has 0 fully saturated rings. The van der Waals surface area contributed by atoms with Gasteiger partial charge < -0.3 is 10.1 Å². The second-order valence-corrected chi connectivity index (χ2v) is 5.28. The maximum atomic E-state index is 12.9. The molecule has 0 aliphatic rings. The van der Waals surface area contributed by atoms with E-state index in [1.54, 1.807) is 18.2 Å². The van der Waals surface area contributed by atoms with Crippen LogP contribution in [0, 0.1) is 12.7 Å². The highest BCUT2D eigenvalue weighted by atomic mass is 32.1. The van der Waals surface area contributed by atoms with E-state index in [0.29, 0.717) is 12.3 Å². The van der Waals surface area contributed by atoms with Gasteiger partial charge in [-0.2, -0.15) is 0 Å². The number of aromatic nitrogens is 1. The number of aryl methyl sites for hydroxylation is 1. The van der Waals surface area contributed by atoms with Gasteiger partial charge in [0.2, 0.25) is 5.91 Å². The maximum Gasteiger partial charge on any atom is 0.244 e. The van der Waals surface area contributed by atoms with Crippen molar-refractivity contribution in [1.82, 2.24) is 10.3 Å². The van der Waals surface area contributed by atoms with Crippen molar-refractivity contribution in [2.75, 3.05) is 13.2 Å². The third-order valence-corrected chi connectivity index (χ3v) is 3.30. The van der Waals surface area contributed by atoms with Crippen LogP contribution in [0.15, 0.2) is 35.7 Å². The topological polar surface area (TPSA) is 51.2 Å². The monoisotopic (exact) mass is 306 g/mol. The molecule has 2 aromatic rings. The van der Waals surface area contributed by atoms with E-state index in [1.165, 1.54) is 29.5 Å². The number of ether oxygens (including phenoxy) is 1. The minimum absolute atomic E-state index is 0.219. The molecule has 0 radical (unpaired) electrons. The SMILES string of the molecule is Cc1nc(C=CC(=O)NCCOc2cccc(F)c2)cs1. The summed E-state index contributed by atoms with van der Waals surface area (Å²) in [4.78, 5) is 15.8. The van der Waals surface area contributed by atoms with Crippen LogP contribution >= 0.6 is 11.3 Å². The zero-order valence-corrected chi connectivity index (χ0v) is 12.3. The second kappa shape index (κ2) is 7.54. The van der Waals surface area contributed by atoms with E-state index < -0.39 is 0 Å². The van der Waals surface area contributed by atoms with Crippen LogP contribution in [0.1, 0.15) is 10.7 Å². The molecule has 2 rings (SSSR count). The molecular formula is C15H15FN2O2S. The lowest BCUT2D eigenvalue weighted by molar-refractivity contribution is -0.116.